The summed E-state index contributed by atoms with van der Waals surface area (Å²) in [5.74, 6) is 0. The Morgan fingerprint density at radius 3 is 2.94 bits per heavy atom. The number of methoxy groups -OCH3 is 1. The quantitative estimate of drug-likeness (QED) is 0.494. The van der Waals surface area contributed by atoms with E-state index in [4.69, 9.17) is 28.6 Å². The van der Waals surface area contributed by atoms with Crippen LogP contribution in [0.1, 0.15) is 12.5 Å². The molecule has 0 aliphatic rings. The topological polar surface area (TPSA) is 45.6 Å². The molecule has 6 heteroatoms. The minimum atomic E-state index is 0.130. The smallest absolute Gasteiger partial charge is 0.187 e. The summed E-state index contributed by atoms with van der Waals surface area (Å²) in [5, 5.41) is 8.14. The zero-order valence-electron chi connectivity index (χ0n) is 10.3. The molecule has 0 bridgehead atoms. The van der Waals surface area contributed by atoms with E-state index in [1.165, 1.54) is 0 Å². The standard InChI is InChI=1S/C12H16ClN3OS/c1-9(8-17-2)15-12(18)16-14-7-10-5-3-4-6-11(10)13/h3-7,9H,8H2,1-2H3,(H2,15,16,18)/b14-7-/t9-/m0/s1. The van der Waals surface area contributed by atoms with E-state index in [2.05, 4.69) is 15.8 Å². The molecule has 0 spiro atoms. The first kappa shape index (κ1) is 14.9. The van der Waals surface area contributed by atoms with Crippen LogP contribution in [0.5, 0.6) is 0 Å². The lowest BCUT2D eigenvalue weighted by Crippen LogP contribution is -2.40. The number of benzene rings is 1. The first-order valence-electron chi connectivity index (χ1n) is 5.46. The number of nitrogens with zero attached hydrogens (tertiary/aromatic N) is 1. The summed E-state index contributed by atoms with van der Waals surface area (Å²) in [6.07, 6.45) is 1.62. The highest BCUT2D eigenvalue weighted by atomic mass is 35.5. The summed E-state index contributed by atoms with van der Waals surface area (Å²) in [6, 6.07) is 7.57. The van der Waals surface area contributed by atoms with E-state index < -0.39 is 0 Å². The molecule has 0 saturated carbocycles. The third-order valence-corrected chi connectivity index (χ3v) is 2.62. The summed E-state index contributed by atoms with van der Waals surface area (Å²) >= 11 is 11.0. The summed E-state index contributed by atoms with van der Waals surface area (Å²) in [5.41, 5.74) is 3.56. The van der Waals surface area contributed by atoms with Gasteiger partial charge in [0.15, 0.2) is 5.11 Å². The van der Waals surface area contributed by atoms with E-state index in [0.29, 0.717) is 16.7 Å². The summed E-state index contributed by atoms with van der Waals surface area (Å²) in [4.78, 5) is 0. The number of nitrogens with one attached hydrogen (secondary N) is 2. The maximum atomic E-state index is 5.98. The average molecular weight is 286 g/mol. The maximum absolute atomic E-state index is 5.98. The number of hydrogen-bond donors (Lipinski definition) is 2. The van der Waals surface area contributed by atoms with Crippen molar-refractivity contribution in [2.75, 3.05) is 13.7 Å². The Labute approximate surface area is 117 Å². The fourth-order valence-electron chi connectivity index (χ4n) is 1.29. The zero-order valence-corrected chi connectivity index (χ0v) is 11.9. The molecule has 1 aromatic carbocycles. The van der Waals surface area contributed by atoms with Gasteiger partial charge < -0.3 is 10.1 Å². The van der Waals surface area contributed by atoms with Crippen molar-refractivity contribution in [3.8, 4) is 0 Å². The molecule has 18 heavy (non-hydrogen) atoms. The number of thiocarbonyl (C=S) groups is 1. The molecule has 0 saturated heterocycles. The monoisotopic (exact) mass is 285 g/mol. The van der Waals surface area contributed by atoms with Gasteiger partial charge in [0.1, 0.15) is 0 Å². The molecule has 98 valence electrons. The lowest BCUT2D eigenvalue weighted by Gasteiger charge is -2.13. The summed E-state index contributed by atoms with van der Waals surface area (Å²) < 4.78 is 4.99. The molecule has 1 atom stereocenters. The van der Waals surface area contributed by atoms with Gasteiger partial charge in [0, 0.05) is 23.7 Å². The fraction of sp³-hybridized carbons (Fsp3) is 0.333. The predicted octanol–water partition coefficient (Wildman–Crippen LogP) is 2.17. The number of halogens is 1. The number of rotatable bonds is 5. The third kappa shape index (κ3) is 5.44. The Morgan fingerprint density at radius 1 is 1.56 bits per heavy atom. The molecule has 0 amide bonds. The lowest BCUT2D eigenvalue weighted by molar-refractivity contribution is 0.179. The second-order valence-electron chi connectivity index (χ2n) is 3.72. The van der Waals surface area contributed by atoms with Crippen LogP contribution in [0.15, 0.2) is 29.4 Å². The van der Waals surface area contributed by atoms with Crippen LogP contribution >= 0.6 is 23.8 Å². The van der Waals surface area contributed by atoms with Crippen LogP contribution in [0.3, 0.4) is 0 Å². The normalized spacial score (nSPS) is 12.4. The van der Waals surface area contributed by atoms with E-state index in [-0.39, 0.29) is 6.04 Å². The SMILES string of the molecule is COC[C@H](C)NC(=S)N/N=C\c1ccccc1Cl. The van der Waals surface area contributed by atoms with E-state index >= 15 is 0 Å². The Hall–Kier alpha value is -1.17. The van der Waals surface area contributed by atoms with Gasteiger partial charge in [-0.2, -0.15) is 5.10 Å². The number of ether oxygens (including phenoxy) is 1. The molecular weight excluding hydrogens is 270 g/mol. The molecule has 2 N–H and O–H groups in total. The van der Waals surface area contributed by atoms with Crippen molar-refractivity contribution in [2.45, 2.75) is 13.0 Å². The molecule has 0 aromatic heterocycles. The van der Waals surface area contributed by atoms with Gasteiger partial charge in [-0.1, -0.05) is 29.8 Å². The Bertz CT molecular complexity index is 426. The summed E-state index contributed by atoms with van der Waals surface area (Å²) in [7, 11) is 1.64. The first-order valence-corrected chi connectivity index (χ1v) is 6.25. The first-order chi connectivity index (χ1) is 8.63. The van der Waals surface area contributed by atoms with Crippen LogP contribution in [0, 0.1) is 0 Å². The Balaban J connectivity index is 2.41. The highest BCUT2D eigenvalue weighted by Crippen LogP contribution is 2.11. The van der Waals surface area contributed by atoms with Crippen molar-refractivity contribution in [1.29, 1.82) is 0 Å². The van der Waals surface area contributed by atoms with Crippen LogP contribution in [-0.4, -0.2) is 31.1 Å². The van der Waals surface area contributed by atoms with E-state index in [1.807, 2.05) is 25.1 Å². The van der Waals surface area contributed by atoms with Gasteiger partial charge in [-0.05, 0) is 25.2 Å². The van der Waals surface area contributed by atoms with Gasteiger partial charge in [-0.15, -0.1) is 0 Å². The van der Waals surface area contributed by atoms with Crippen LogP contribution in [0.2, 0.25) is 5.02 Å². The molecular formula is C12H16ClN3OS. The van der Waals surface area contributed by atoms with Gasteiger partial charge >= 0.3 is 0 Å². The van der Waals surface area contributed by atoms with E-state index in [0.717, 1.165) is 5.56 Å². The zero-order chi connectivity index (χ0) is 13.4. The molecule has 0 heterocycles. The Morgan fingerprint density at radius 2 is 2.28 bits per heavy atom. The van der Waals surface area contributed by atoms with Gasteiger partial charge in [0.05, 0.1) is 12.8 Å². The van der Waals surface area contributed by atoms with Crippen molar-refractivity contribution in [1.82, 2.24) is 10.7 Å². The largest absolute Gasteiger partial charge is 0.383 e. The van der Waals surface area contributed by atoms with Crippen LogP contribution < -0.4 is 10.7 Å². The molecule has 1 rings (SSSR count). The van der Waals surface area contributed by atoms with Gasteiger partial charge in [-0.25, -0.2) is 0 Å². The number of hydrogen-bond acceptors (Lipinski definition) is 3. The van der Waals surface area contributed by atoms with Gasteiger partial charge in [-0.3, -0.25) is 5.43 Å². The van der Waals surface area contributed by atoms with Crippen molar-refractivity contribution in [3.63, 3.8) is 0 Å². The molecule has 0 radical (unpaired) electrons. The van der Waals surface area contributed by atoms with E-state index in [1.54, 1.807) is 19.4 Å². The fourth-order valence-corrected chi connectivity index (χ4v) is 1.73. The Kier molecular flexibility index (Phi) is 6.64. The molecule has 0 unspecified atom stereocenters. The highest BCUT2D eigenvalue weighted by Gasteiger charge is 2.01. The molecule has 4 nitrogen and oxygen atoms in total. The second-order valence-corrected chi connectivity index (χ2v) is 4.54. The van der Waals surface area contributed by atoms with Gasteiger partial charge in [0.2, 0.25) is 0 Å². The maximum Gasteiger partial charge on any atom is 0.187 e. The van der Waals surface area contributed by atoms with Crippen LogP contribution in [-0.2, 0) is 4.74 Å². The molecule has 0 aliphatic heterocycles. The third-order valence-electron chi connectivity index (χ3n) is 2.07. The molecule has 0 aliphatic carbocycles. The minimum absolute atomic E-state index is 0.130. The van der Waals surface area contributed by atoms with Crippen LogP contribution in [0.4, 0.5) is 0 Å². The highest BCUT2D eigenvalue weighted by molar-refractivity contribution is 7.80. The predicted molar refractivity (Wildman–Crippen MR) is 79.3 cm³/mol. The average Bonchev–Trinajstić information content (AvgIpc) is 2.31. The lowest BCUT2D eigenvalue weighted by atomic mass is 10.2. The van der Waals surface area contributed by atoms with Crippen molar-refractivity contribution >= 4 is 35.1 Å². The second kappa shape index (κ2) is 8.02. The molecule has 0 fully saturated rings. The van der Waals surface area contributed by atoms with Crippen molar-refractivity contribution in [3.05, 3.63) is 34.9 Å². The number of hydrazone groups is 1. The molecule has 1 aromatic rings. The van der Waals surface area contributed by atoms with Crippen molar-refractivity contribution < 1.29 is 4.74 Å². The summed E-state index contributed by atoms with van der Waals surface area (Å²) in [6.45, 7) is 2.55. The van der Waals surface area contributed by atoms with Crippen LogP contribution in [0.25, 0.3) is 0 Å². The van der Waals surface area contributed by atoms with Gasteiger partial charge in [0.25, 0.3) is 0 Å². The van der Waals surface area contributed by atoms with E-state index in [9.17, 15) is 0 Å². The minimum Gasteiger partial charge on any atom is -0.383 e. The van der Waals surface area contributed by atoms with Crippen molar-refractivity contribution in [2.24, 2.45) is 5.10 Å².